The minimum atomic E-state index is 0.716. The van der Waals surface area contributed by atoms with Crippen molar-refractivity contribution in [1.29, 1.82) is 0 Å². The molecule has 3 nitrogen and oxygen atoms in total. The number of rotatable bonds is 5. The summed E-state index contributed by atoms with van der Waals surface area (Å²) in [6.45, 7) is 2.18. The zero-order chi connectivity index (χ0) is 35.3. The van der Waals surface area contributed by atoms with Crippen LogP contribution in [0.1, 0.15) is 30.0 Å². The van der Waals surface area contributed by atoms with Crippen LogP contribution in [0.15, 0.2) is 196 Å². The summed E-state index contributed by atoms with van der Waals surface area (Å²) in [6, 6.07) is 62.2. The molecule has 0 fully saturated rings. The smallest absolute Gasteiger partial charge is 0.160 e. The summed E-state index contributed by atoms with van der Waals surface area (Å²) >= 11 is 0. The minimum Gasteiger partial charge on any atom is -0.456 e. The van der Waals surface area contributed by atoms with E-state index in [1.807, 2.05) is 12.1 Å². The van der Waals surface area contributed by atoms with E-state index in [-0.39, 0.29) is 0 Å². The maximum absolute atomic E-state index is 6.50. The molecule has 10 rings (SSSR count). The second kappa shape index (κ2) is 12.7. The van der Waals surface area contributed by atoms with E-state index < -0.39 is 0 Å². The number of furan rings is 1. The van der Waals surface area contributed by atoms with Gasteiger partial charge in [0.15, 0.2) is 5.84 Å². The van der Waals surface area contributed by atoms with Gasteiger partial charge in [0.25, 0.3) is 0 Å². The van der Waals surface area contributed by atoms with Crippen LogP contribution < -0.4 is 0 Å². The van der Waals surface area contributed by atoms with Gasteiger partial charge in [-0.3, -0.25) is 0 Å². The molecule has 0 amide bonds. The first-order valence-electron chi connectivity index (χ1n) is 18.1. The SMILES string of the molecule is CC1=C(c2ccccc2)N=C(c2ccc(-c3cccc4oc5ccc(-c6ccc7ccccc7c6)cc5c34)c3ccccc23)N=C(c2ccccc2)C1. The summed E-state index contributed by atoms with van der Waals surface area (Å²) in [6.07, 6.45) is 0.716. The van der Waals surface area contributed by atoms with Gasteiger partial charge in [0, 0.05) is 28.3 Å². The molecule has 2 heterocycles. The number of amidine groups is 1. The molecule has 3 heteroatoms. The predicted molar refractivity (Wildman–Crippen MR) is 223 cm³/mol. The third-order valence-electron chi connectivity index (χ3n) is 10.5. The number of hydrogen-bond acceptors (Lipinski definition) is 3. The largest absolute Gasteiger partial charge is 0.456 e. The third kappa shape index (κ3) is 5.46. The Morgan fingerprint density at radius 3 is 1.91 bits per heavy atom. The molecular weight excluding hydrogens is 645 g/mol. The topological polar surface area (TPSA) is 37.9 Å². The summed E-state index contributed by atoms with van der Waals surface area (Å²) in [5.74, 6) is 0.717. The van der Waals surface area contributed by atoms with Gasteiger partial charge in [-0.2, -0.15) is 0 Å². The maximum Gasteiger partial charge on any atom is 0.160 e. The van der Waals surface area contributed by atoms with Crippen LogP contribution in [0.5, 0.6) is 0 Å². The van der Waals surface area contributed by atoms with Crippen molar-refractivity contribution < 1.29 is 4.42 Å². The normalized spacial score (nSPS) is 13.5. The summed E-state index contributed by atoms with van der Waals surface area (Å²) in [5.41, 5.74) is 12.8. The lowest BCUT2D eigenvalue weighted by Crippen LogP contribution is -2.06. The van der Waals surface area contributed by atoms with Gasteiger partial charge in [0.2, 0.25) is 0 Å². The lowest BCUT2D eigenvalue weighted by molar-refractivity contribution is 0.669. The molecule has 0 saturated carbocycles. The average Bonchev–Trinajstić information content (AvgIpc) is 3.51. The van der Waals surface area contributed by atoms with E-state index in [0.29, 0.717) is 12.3 Å². The molecule has 0 bridgehead atoms. The lowest BCUT2D eigenvalue weighted by Gasteiger charge is -2.13. The highest BCUT2D eigenvalue weighted by molar-refractivity contribution is 6.22. The van der Waals surface area contributed by atoms with Crippen molar-refractivity contribution in [2.75, 3.05) is 0 Å². The lowest BCUT2D eigenvalue weighted by atomic mass is 9.91. The van der Waals surface area contributed by atoms with Crippen molar-refractivity contribution in [2.45, 2.75) is 13.3 Å². The Bertz CT molecular complexity index is 2970. The molecule has 0 spiro atoms. The van der Waals surface area contributed by atoms with Crippen LogP contribution in [-0.2, 0) is 0 Å². The fourth-order valence-corrected chi connectivity index (χ4v) is 7.88. The van der Waals surface area contributed by atoms with Crippen molar-refractivity contribution in [3.05, 3.63) is 198 Å². The van der Waals surface area contributed by atoms with Crippen LogP contribution in [0, 0.1) is 0 Å². The van der Waals surface area contributed by atoms with E-state index >= 15 is 0 Å². The Morgan fingerprint density at radius 1 is 0.434 bits per heavy atom. The predicted octanol–water partition coefficient (Wildman–Crippen LogP) is 13.3. The Labute approximate surface area is 307 Å². The third-order valence-corrected chi connectivity index (χ3v) is 10.5. The zero-order valence-electron chi connectivity index (χ0n) is 29.3. The number of allylic oxidation sites excluding steroid dienone is 1. The van der Waals surface area contributed by atoms with E-state index in [2.05, 4.69) is 171 Å². The molecule has 0 aliphatic carbocycles. The van der Waals surface area contributed by atoms with Gasteiger partial charge in [0.05, 0.1) is 11.4 Å². The van der Waals surface area contributed by atoms with Gasteiger partial charge in [-0.25, -0.2) is 9.98 Å². The van der Waals surface area contributed by atoms with E-state index in [1.54, 1.807) is 0 Å². The molecule has 0 radical (unpaired) electrons. The molecule has 0 saturated heterocycles. The Hall–Kier alpha value is -6.84. The Balaban J connectivity index is 1.16. The standard InChI is InChI=1S/C50H34N2O/c1-32-29-45(34-14-4-2-5-15-34)51-50(52-49(32)35-16-6-3-7-17-35)43-27-26-41(39-19-10-11-20-40(39)43)42-21-12-22-47-48(42)44-31-38(25-28-46(44)53-47)37-24-23-33-13-8-9-18-36(33)30-37/h2-28,30-31H,29H2,1H3. The fraction of sp³-hybridized carbons (Fsp3) is 0.0400. The van der Waals surface area contributed by atoms with Crippen LogP contribution in [0.2, 0.25) is 0 Å². The van der Waals surface area contributed by atoms with Gasteiger partial charge in [-0.1, -0.05) is 146 Å². The number of aliphatic imine (C=N–C) groups is 2. The molecule has 9 aromatic rings. The van der Waals surface area contributed by atoms with E-state index in [0.717, 1.165) is 77.5 Å². The number of benzene rings is 8. The number of nitrogens with zero attached hydrogens (tertiary/aromatic N) is 2. The molecule has 0 N–H and O–H groups in total. The van der Waals surface area contributed by atoms with Crippen LogP contribution in [0.3, 0.4) is 0 Å². The van der Waals surface area contributed by atoms with Crippen molar-refractivity contribution >= 4 is 60.7 Å². The molecule has 1 aliphatic rings. The number of hydrogen-bond donors (Lipinski definition) is 0. The first-order chi connectivity index (χ1) is 26.2. The van der Waals surface area contributed by atoms with Gasteiger partial charge in [0.1, 0.15) is 11.2 Å². The van der Waals surface area contributed by atoms with Crippen LogP contribution in [-0.4, -0.2) is 11.5 Å². The summed E-state index contributed by atoms with van der Waals surface area (Å²) in [5, 5.41) is 6.94. The second-order valence-corrected chi connectivity index (χ2v) is 13.8. The molecule has 0 unspecified atom stereocenters. The quantitative estimate of drug-likeness (QED) is 0.179. The van der Waals surface area contributed by atoms with E-state index in [4.69, 9.17) is 14.4 Å². The van der Waals surface area contributed by atoms with E-state index in [1.165, 1.54) is 21.9 Å². The molecule has 1 aromatic heterocycles. The van der Waals surface area contributed by atoms with Crippen LogP contribution in [0.25, 0.3) is 71.4 Å². The Kier molecular flexibility index (Phi) is 7.43. The molecule has 250 valence electrons. The highest BCUT2D eigenvalue weighted by Crippen LogP contribution is 2.42. The first-order valence-corrected chi connectivity index (χ1v) is 18.1. The van der Waals surface area contributed by atoms with Gasteiger partial charge < -0.3 is 4.42 Å². The van der Waals surface area contributed by atoms with Crippen molar-refractivity contribution in [1.82, 2.24) is 0 Å². The maximum atomic E-state index is 6.50. The zero-order valence-corrected chi connectivity index (χ0v) is 29.3. The summed E-state index contributed by atoms with van der Waals surface area (Å²) in [7, 11) is 0. The van der Waals surface area contributed by atoms with Crippen LogP contribution >= 0.6 is 0 Å². The molecule has 8 aromatic carbocycles. The van der Waals surface area contributed by atoms with Crippen molar-refractivity contribution in [3.63, 3.8) is 0 Å². The fourth-order valence-electron chi connectivity index (χ4n) is 7.88. The summed E-state index contributed by atoms with van der Waals surface area (Å²) < 4.78 is 6.50. The van der Waals surface area contributed by atoms with Gasteiger partial charge >= 0.3 is 0 Å². The van der Waals surface area contributed by atoms with Crippen molar-refractivity contribution in [2.24, 2.45) is 9.98 Å². The first kappa shape index (κ1) is 30.9. The average molecular weight is 679 g/mol. The molecule has 0 atom stereocenters. The summed E-state index contributed by atoms with van der Waals surface area (Å²) in [4.78, 5) is 10.7. The van der Waals surface area contributed by atoms with Gasteiger partial charge in [-0.15, -0.1) is 0 Å². The van der Waals surface area contributed by atoms with E-state index in [9.17, 15) is 0 Å². The molecular formula is C50H34N2O. The van der Waals surface area contributed by atoms with Crippen LogP contribution in [0.4, 0.5) is 0 Å². The molecule has 1 aliphatic heterocycles. The monoisotopic (exact) mass is 678 g/mol. The van der Waals surface area contributed by atoms with Gasteiger partial charge in [-0.05, 0) is 92.2 Å². The molecule has 53 heavy (non-hydrogen) atoms. The van der Waals surface area contributed by atoms with Crippen molar-refractivity contribution in [3.8, 4) is 22.3 Å². The second-order valence-electron chi connectivity index (χ2n) is 13.8. The Morgan fingerprint density at radius 2 is 1.09 bits per heavy atom. The highest BCUT2D eigenvalue weighted by atomic mass is 16.3. The number of fused-ring (bicyclic) bond motifs is 5. The minimum absolute atomic E-state index is 0.716. The highest BCUT2D eigenvalue weighted by Gasteiger charge is 2.21.